The molecule has 98 valence electrons. The van der Waals surface area contributed by atoms with E-state index < -0.39 is 5.91 Å². The van der Waals surface area contributed by atoms with E-state index in [2.05, 4.69) is 11.9 Å². The van der Waals surface area contributed by atoms with Crippen molar-refractivity contribution in [2.24, 2.45) is 11.7 Å². The first kappa shape index (κ1) is 13.2. The normalized spacial score (nSPS) is 23.8. The molecule has 1 aliphatic rings. The van der Waals surface area contributed by atoms with Crippen molar-refractivity contribution in [3.63, 3.8) is 0 Å². The molecule has 0 bridgehead atoms. The molecule has 0 aromatic carbocycles. The Hall–Kier alpha value is -1.23. The molecular weight excluding hydrogens is 246 g/mol. The van der Waals surface area contributed by atoms with Gasteiger partial charge < -0.3 is 11.5 Å². The lowest BCUT2D eigenvalue weighted by atomic mass is 9.91. The second kappa shape index (κ2) is 5.61. The average molecular weight is 265 g/mol. The molecule has 4 N–H and O–H groups in total. The quantitative estimate of drug-likeness (QED) is 0.879. The maximum atomic E-state index is 11.2. The van der Waals surface area contributed by atoms with Gasteiger partial charge in [0.15, 0.2) is 0 Å². The van der Waals surface area contributed by atoms with E-state index in [4.69, 9.17) is 11.5 Å². The monoisotopic (exact) mass is 265 g/mol. The number of nitrogen functional groups attached to an aromatic ring is 1. The van der Waals surface area contributed by atoms with E-state index in [-0.39, 0.29) is 0 Å². The van der Waals surface area contributed by atoms with Gasteiger partial charge in [-0.3, -0.25) is 4.79 Å². The van der Waals surface area contributed by atoms with Gasteiger partial charge in [0.05, 0.1) is 22.5 Å². The van der Waals surface area contributed by atoms with Gasteiger partial charge in [-0.25, -0.2) is 4.98 Å². The molecule has 5 heteroatoms. The third-order valence-corrected chi connectivity index (χ3v) is 4.58. The number of nitrogens with two attached hydrogens (primary N) is 2. The zero-order chi connectivity index (χ0) is 13.1. The minimum Gasteiger partial charge on any atom is -0.397 e. The number of aromatic nitrogens is 1. The lowest BCUT2D eigenvalue weighted by Gasteiger charge is -2.25. The first-order valence-electron chi connectivity index (χ1n) is 6.28. The number of hydrogen-bond acceptors (Lipinski definition) is 4. The predicted molar refractivity (Wildman–Crippen MR) is 74.4 cm³/mol. The maximum Gasteiger partial charge on any atom is 0.250 e. The van der Waals surface area contributed by atoms with Gasteiger partial charge in [-0.05, 0) is 24.8 Å². The summed E-state index contributed by atoms with van der Waals surface area (Å²) in [5.41, 5.74) is 11.7. The molecule has 4 nitrogen and oxygen atoms in total. The number of anilines is 1. The molecule has 1 aliphatic carbocycles. The van der Waals surface area contributed by atoms with Crippen LogP contribution in [0.1, 0.15) is 43.0 Å². The van der Waals surface area contributed by atoms with Crippen molar-refractivity contribution in [1.82, 2.24) is 4.98 Å². The van der Waals surface area contributed by atoms with Crippen molar-refractivity contribution in [1.29, 1.82) is 0 Å². The number of thioether (sulfide) groups is 1. The predicted octanol–water partition coefficient (Wildman–Crippen LogP) is 2.43. The molecular formula is C13H19N3OS. The van der Waals surface area contributed by atoms with Crippen LogP contribution in [0.3, 0.4) is 0 Å². The topological polar surface area (TPSA) is 82.0 Å². The van der Waals surface area contributed by atoms with Crippen LogP contribution >= 0.6 is 11.8 Å². The molecule has 1 fully saturated rings. The summed E-state index contributed by atoms with van der Waals surface area (Å²) < 4.78 is 0. The molecule has 1 saturated carbocycles. The Morgan fingerprint density at radius 2 is 2.28 bits per heavy atom. The van der Waals surface area contributed by atoms with E-state index in [9.17, 15) is 4.79 Å². The van der Waals surface area contributed by atoms with Gasteiger partial charge in [0.2, 0.25) is 0 Å². The number of carbonyl (C=O) groups is 1. The van der Waals surface area contributed by atoms with Crippen molar-refractivity contribution in [2.75, 3.05) is 5.73 Å². The number of pyridine rings is 1. The molecule has 0 aliphatic heterocycles. The second-order valence-electron chi connectivity index (χ2n) is 4.99. The summed E-state index contributed by atoms with van der Waals surface area (Å²) in [6, 6.07) is 1.71. The van der Waals surface area contributed by atoms with Gasteiger partial charge in [0.1, 0.15) is 0 Å². The summed E-state index contributed by atoms with van der Waals surface area (Å²) in [5.74, 6) is 0.286. The highest BCUT2D eigenvalue weighted by Crippen LogP contribution is 2.35. The van der Waals surface area contributed by atoms with Gasteiger partial charge in [-0.1, -0.05) is 19.8 Å². The largest absolute Gasteiger partial charge is 0.397 e. The fourth-order valence-corrected chi connectivity index (χ4v) is 3.73. The number of hydrogen-bond donors (Lipinski definition) is 2. The van der Waals surface area contributed by atoms with E-state index in [1.165, 1.54) is 31.9 Å². The van der Waals surface area contributed by atoms with Crippen LogP contribution in [0.4, 0.5) is 5.69 Å². The first-order valence-corrected chi connectivity index (χ1v) is 7.16. The summed E-state index contributed by atoms with van der Waals surface area (Å²) in [4.78, 5) is 15.5. The van der Waals surface area contributed by atoms with Crippen molar-refractivity contribution >= 4 is 23.4 Å². The number of primary amides is 1. The Bertz CT molecular complexity index is 450. The van der Waals surface area contributed by atoms with Crippen LogP contribution in [0, 0.1) is 5.92 Å². The summed E-state index contributed by atoms with van der Waals surface area (Å²) in [5, 5.41) is 1.43. The first-order chi connectivity index (χ1) is 8.56. The summed E-state index contributed by atoms with van der Waals surface area (Å²) in [7, 11) is 0. The van der Waals surface area contributed by atoms with Crippen molar-refractivity contribution in [3.8, 4) is 0 Å². The Morgan fingerprint density at radius 1 is 1.50 bits per heavy atom. The lowest BCUT2D eigenvalue weighted by Crippen LogP contribution is -2.16. The SMILES string of the molecule is CC1CCCC(Sc2cc(C(N)=O)c(N)cn2)C1. The molecule has 2 unspecified atom stereocenters. The van der Waals surface area contributed by atoms with E-state index in [1.54, 1.807) is 17.8 Å². The highest BCUT2D eigenvalue weighted by atomic mass is 32.2. The minimum absolute atomic E-state index is 0.351. The fourth-order valence-electron chi connectivity index (χ4n) is 2.38. The molecule has 0 saturated heterocycles. The molecule has 1 heterocycles. The number of rotatable bonds is 3. The van der Waals surface area contributed by atoms with E-state index in [0.29, 0.717) is 16.5 Å². The summed E-state index contributed by atoms with van der Waals surface area (Å²) >= 11 is 1.73. The summed E-state index contributed by atoms with van der Waals surface area (Å²) in [6.45, 7) is 2.29. The zero-order valence-electron chi connectivity index (χ0n) is 10.6. The van der Waals surface area contributed by atoms with Crippen LogP contribution < -0.4 is 11.5 Å². The molecule has 0 radical (unpaired) electrons. The van der Waals surface area contributed by atoms with Gasteiger partial charge >= 0.3 is 0 Å². The minimum atomic E-state index is -0.492. The Morgan fingerprint density at radius 3 is 2.94 bits per heavy atom. The van der Waals surface area contributed by atoms with Crippen LogP contribution in [0.2, 0.25) is 0 Å². The maximum absolute atomic E-state index is 11.2. The fraction of sp³-hybridized carbons (Fsp3) is 0.538. The van der Waals surface area contributed by atoms with Crippen LogP contribution in [0.25, 0.3) is 0 Å². The van der Waals surface area contributed by atoms with Gasteiger partial charge in [0.25, 0.3) is 5.91 Å². The van der Waals surface area contributed by atoms with Gasteiger partial charge in [-0.15, -0.1) is 11.8 Å². The number of amides is 1. The Balaban J connectivity index is 2.09. The zero-order valence-corrected chi connectivity index (χ0v) is 11.4. The number of nitrogens with zero attached hydrogens (tertiary/aromatic N) is 1. The molecule has 2 atom stereocenters. The third-order valence-electron chi connectivity index (χ3n) is 3.35. The highest BCUT2D eigenvalue weighted by molar-refractivity contribution is 7.99. The second-order valence-corrected chi connectivity index (χ2v) is 6.31. The molecule has 1 aromatic heterocycles. The Kier molecular flexibility index (Phi) is 4.11. The average Bonchev–Trinajstić information content (AvgIpc) is 2.31. The molecule has 1 aromatic rings. The van der Waals surface area contributed by atoms with Crippen molar-refractivity contribution < 1.29 is 4.79 Å². The summed E-state index contributed by atoms with van der Waals surface area (Å²) in [6.07, 6.45) is 6.54. The standard InChI is InChI=1S/C13H19N3OS/c1-8-3-2-4-9(5-8)18-12-6-10(13(15)17)11(14)7-16-12/h6-9H,2-5,14H2,1H3,(H2,15,17). The van der Waals surface area contributed by atoms with Gasteiger partial charge in [-0.2, -0.15) is 0 Å². The molecule has 18 heavy (non-hydrogen) atoms. The lowest BCUT2D eigenvalue weighted by molar-refractivity contribution is 0.100. The van der Waals surface area contributed by atoms with Crippen LogP contribution in [-0.2, 0) is 0 Å². The third kappa shape index (κ3) is 3.16. The van der Waals surface area contributed by atoms with Crippen molar-refractivity contribution in [3.05, 3.63) is 17.8 Å². The van der Waals surface area contributed by atoms with Crippen LogP contribution in [0.15, 0.2) is 17.3 Å². The Labute approximate surface area is 112 Å². The van der Waals surface area contributed by atoms with Gasteiger partial charge in [0, 0.05) is 5.25 Å². The highest BCUT2D eigenvalue weighted by Gasteiger charge is 2.20. The van der Waals surface area contributed by atoms with E-state index in [0.717, 1.165) is 10.9 Å². The van der Waals surface area contributed by atoms with E-state index in [1.807, 2.05) is 0 Å². The molecule has 2 rings (SSSR count). The smallest absolute Gasteiger partial charge is 0.250 e. The van der Waals surface area contributed by atoms with E-state index >= 15 is 0 Å². The van der Waals surface area contributed by atoms with Crippen molar-refractivity contribution in [2.45, 2.75) is 42.9 Å². The van der Waals surface area contributed by atoms with Crippen LogP contribution in [-0.4, -0.2) is 16.1 Å². The van der Waals surface area contributed by atoms with Crippen LogP contribution in [0.5, 0.6) is 0 Å². The molecule has 1 amide bonds. The molecule has 0 spiro atoms. The number of carbonyl (C=O) groups excluding carboxylic acids is 1.